The van der Waals surface area contributed by atoms with E-state index in [1.54, 1.807) is 48.5 Å². The molecule has 2 aromatic rings. The third kappa shape index (κ3) is 37.2. The summed E-state index contributed by atoms with van der Waals surface area (Å²) in [6.07, 6.45) is 12.6. The molecule has 4 rings (SSSR count). The normalized spacial score (nSPS) is 14.3. The molecule has 2 N–H and O–H groups in total. The maximum absolute atomic E-state index is 10.8. The summed E-state index contributed by atoms with van der Waals surface area (Å²) in [5.41, 5.74) is 5.36. The van der Waals surface area contributed by atoms with Crippen molar-refractivity contribution in [2.24, 2.45) is 35.5 Å². The molecule has 2 aliphatic rings. The molecule has 2 heterocycles. The molecule has 1 radical (unpaired) electrons. The van der Waals surface area contributed by atoms with Crippen molar-refractivity contribution in [2.75, 3.05) is 0 Å². The van der Waals surface area contributed by atoms with Crippen LogP contribution in [0.1, 0.15) is 139 Å². The molecule has 0 fully saturated rings. The van der Waals surface area contributed by atoms with Crippen LogP contribution >= 0.6 is 0 Å². The fourth-order valence-electron chi connectivity index (χ4n) is 5.09. The van der Waals surface area contributed by atoms with E-state index in [1.807, 2.05) is 0 Å². The summed E-state index contributed by atoms with van der Waals surface area (Å²) in [4.78, 5) is 51.1. The van der Waals surface area contributed by atoms with E-state index in [0.717, 1.165) is 11.4 Å². The van der Waals surface area contributed by atoms with Crippen LogP contribution < -0.4 is 0 Å². The van der Waals surface area contributed by atoms with Gasteiger partial charge in [-0.25, -0.2) is 9.97 Å². The first-order chi connectivity index (χ1) is 30.1. The van der Waals surface area contributed by atoms with Crippen LogP contribution in [-0.2, 0) is 16.8 Å². The molecule has 2 aliphatic carbocycles. The quantitative estimate of drug-likeness (QED) is 0.148. The molecule has 2 aromatic heterocycles. The summed E-state index contributed by atoms with van der Waals surface area (Å²) in [5.74, 6) is 2.15. The summed E-state index contributed by atoms with van der Waals surface area (Å²) in [5, 5.41) is 30.7. The van der Waals surface area contributed by atoms with E-state index in [1.165, 1.54) is 52.7 Å². The number of carbonyl (C=O) groups is 4. The van der Waals surface area contributed by atoms with Crippen LogP contribution in [0.4, 0.5) is 34.5 Å². The monoisotopic (exact) mass is 995 g/mol. The number of Topliss-reactive ketones (excluding diaryl/α,β-unsaturated/α-hetero) is 4. The minimum absolute atomic E-state index is 0. The molecule has 2 atom stereocenters. The Kier molecular flexibility index (Phi) is 38.3. The second-order valence-electron chi connectivity index (χ2n) is 15.2. The zero-order valence-corrected chi connectivity index (χ0v) is 41.4. The number of pyridine rings is 2. The van der Waals surface area contributed by atoms with Crippen molar-refractivity contribution in [2.45, 2.75) is 96.9 Å². The van der Waals surface area contributed by atoms with Gasteiger partial charge < -0.3 is 45.3 Å². The summed E-state index contributed by atoms with van der Waals surface area (Å²) >= 11 is 0. The fraction of sp³-hybridized carbons (Fsp3) is 0.435. The molecule has 0 spiro atoms. The first-order valence-electron chi connectivity index (χ1n) is 20.4. The minimum atomic E-state index is -6.00. The van der Waals surface area contributed by atoms with Crippen molar-refractivity contribution < 1.29 is 70.5 Å². The Morgan fingerprint density at radius 1 is 0.537 bits per heavy atom. The first-order valence-corrected chi connectivity index (χ1v) is 20.4. The molecule has 0 bridgehead atoms. The number of allylic oxidation sites excluding steroid dienone is 8. The third-order valence-electron chi connectivity index (χ3n) is 8.10. The van der Waals surface area contributed by atoms with Crippen molar-refractivity contribution >= 4 is 49.1 Å². The summed E-state index contributed by atoms with van der Waals surface area (Å²) < 4.78 is 78.0. The first kappa shape index (κ1) is 70.4. The fourth-order valence-corrected chi connectivity index (χ4v) is 5.09. The van der Waals surface area contributed by atoms with Crippen LogP contribution in [0, 0.1) is 69.0 Å². The molecule has 0 aliphatic heterocycles. The molecule has 371 valence electrons. The van der Waals surface area contributed by atoms with Gasteiger partial charge in [0.05, 0.1) is 12.1 Å². The van der Waals surface area contributed by atoms with Crippen LogP contribution in [0.15, 0.2) is 84.0 Å². The predicted molar refractivity (Wildman–Crippen MR) is 248 cm³/mol. The Bertz CT molecular complexity index is 1890. The van der Waals surface area contributed by atoms with Gasteiger partial charge in [-0.1, -0.05) is 104 Å². The number of hydrogen-bond acceptors (Lipinski definition) is 10. The molecule has 0 aromatic carbocycles. The zero-order chi connectivity index (χ0) is 52.7. The Balaban J connectivity index is -0.000000229. The molecule has 0 saturated carbocycles. The van der Waals surface area contributed by atoms with E-state index in [4.69, 9.17) is 21.3 Å². The van der Waals surface area contributed by atoms with Crippen molar-refractivity contribution in [1.29, 1.82) is 21.3 Å². The number of nitrogens with one attached hydrogen (secondary N) is 2. The average molecular weight is 996 g/mol. The smallest absolute Gasteiger partial charge is 0.418 e. The minimum Gasteiger partial charge on any atom is -0.418 e. The standard InChI is InChI=1S/2C12H19N.2C9H9NO2.2C2H3N.2BF4.Co/c2*1-8(2)10-6-5-7-11(9(3)4)12(10)13;2*1-6(11)8-4-3-5-9(10-8)7(2)12;2*1-2-3;2*2-1(3,4)5;/h2*5-10,13H,1-4H3;2*3-5H,1-2H3;2*1H3;;;/q;;;;;;2*-1;+2. The molecule has 0 amide bonds. The van der Waals surface area contributed by atoms with Gasteiger partial charge in [0.25, 0.3) is 0 Å². The Labute approximate surface area is 400 Å². The summed E-state index contributed by atoms with van der Waals surface area (Å²) in [7, 11) is -12.0. The maximum atomic E-state index is 10.8. The largest absolute Gasteiger partial charge is 2.00 e. The topological polar surface area (TPSA) is 189 Å². The molecular formula is C46H62B2CoF8N6O4. The zero-order valence-electron chi connectivity index (χ0n) is 40.3. The van der Waals surface area contributed by atoms with Crippen molar-refractivity contribution in [3.05, 3.63) is 107 Å². The Morgan fingerprint density at radius 2 is 0.731 bits per heavy atom. The number of halogens is 8. The molecule has 0 saturated heterocycles. The third-order valence-corrected chi connectivity index (χ3v) is 8.10. The van der Waals surface area contributed by atoms with Crippen LogP contribution in [0.2, 0.25) is 0 Å². The van der Waals surface area contributed by atoms with Crippen molar-refractivity contribution in [1.82, 2.24) is 9.97 Å². The van der Waals surface area contributed by atoms with Gasteiger partial charge in [0.1, 0.15) is 22.8 Å². The van der Waals surface area contributed by atoms with Crippen molar-refractivity contribution in [3.8, 4) is 12.1 Å². The van der Waals surface area contributed by atoms with Gasteiger partial charge in [-0.3, -0.25) is 19.2 Å². The molecule has 2 unspecified atom stereocenters. The van der Waals surface area contributed by atoms with E-state index < -0.39 is 14.5 Å². The second-order valence-corrected chi connectivity index (χ2v) is 15.2. The van der Waals surface area contributed by atoms with Crippen LogP contribution in [0.3, 0.4) is 0 Å². The van der Waals surface area contributed by atoms with E-state index in [0.29, 0.717) is 58.3 Å². The number of nitrogens with zero attached hydrogens (tertiary/aromatic N) is 4. The number of rotatable bonds is 8. The Hall–Kier alpha value is -5.66. The summed E-state index contributed by atoms with van der Waals surface area (Å²) in [6, 6.07) is 13.2. The van der Waals surface area contributed by atoms with Crippen LogP contribution in [0.25, 0.3) is 0 Å². The second kappa shape index (κ2) is 36.5. The van der Waals surface area contributed by atoms with E-state index in [9.17, 15) is 53.7 Å². The van der Waals surface area contributed by atoms with Crippen LogP contribution in [-0.4, -0.2) is 59.0 Å². The SMILES string of the molecule is CC#N.CC#N.CC(=O)c1cccc(C(C)=O)n1.CC(=O)c1cccc(C(C)=O)n1.CC(C)C1=CC=CC(C(C)C)C1=N.CC(C)C1=CC=CC(C(C)C)C1=N.F[B-](F)(F)F.F[B-](F)(F)F.[Co+2]. The van der Waals surface area contributed by atoms with Crippen LogP contribution in [0.5, 0.6) is 0 Å². The molecule has 21 heteroatoms. The van der Waals surface area contributed by atoms with Crippen molar-refractivity contribution in [3.63, 3.8) is 0 Å². The number of nitriles is 2. The van der Waals surface area contributed by atoms with Gasteiger partial charge in [0.2, 0.25) is 0 Å². The number of aromatic nitrogens is 2. The van der Waals surface area contributed by atoms with Gasteiger partial charge in [-0.05, 0) is 59.1 Å². The predicted octanol–water partition coefficient (Wildman–Crippen LogP) is 13.5. The van der Waals surface area contributed by atoms with Gasteiger partial charge in [-0.15, -0.1) is 0 Å². The molecule has 10 nitrogen and oxygen atoms in total. The molecule has 67 heavy (non-hydrogen) atoms. The maximum Gasteiger partial charge on any atom is 2.00 e. The number of hydrogen-bond donors (Lipinski definition) is 2. The average Bonchev–Trinajstić information content (AvgIpc) is 3.18. The van der Waals surface area contributed by atoms with Gasteiger partial charge in [0, 0.05) is 64.8 Å². The van der Waals surface area contributed by atoms with Gasteiger partial charge in [-0.2, -0.15) is 10.5 Å². The van der Waals surface area contributed by atoms with E-state index >= 15 is 0 Å². The van der Waals surface area contributed by atoms with Gasteiger partial charge in [0.15, 0.2) is 23.1 Å². The van der Waals surface area contributed by atoms with Gasteiger partial charge >= 0.3 is 31.3 Å². The summed E-state index contributed by atoms with van der Waals surface area (Å²) in [6.45, 7) is 25.8. The number of carbonyl (C=O) groups excluding carboxylic acids is 4. The molecular weight excluding hydrogens is 933 g/mol. The Morgan fingerprint density at radius 3 is 0.881 bits per heavy atom. The number of ketones is 4. The van der Waals surface area contributed by atoms with E-state index in [2.05, 4.69) is 102 Å². The van der Waals surface area contributed by atoms with E-state index in [-0.39, 0.29) is 39.9 Å².